The molecule has 25 heavy (non-hydrogen) atoms. The van der Waals surface area contributed by atoms with Crippen LogP contribution >= 0.6 is 45.5 Å². The lowest BCUT2D eigenvalue weighted by Gasteiger charge is -2.12. The molecule has 0 spiro atoms. The average Bonchev–Trinajstić information content (AvgIpc) is 3.06. The second-order valence-electron chi connectivity index (χ2n) is 5.34. The zero-order chi connectivity index (χ0) is 18.1. The molecule has 0 bridgehead atoms. The van der Waals surface area contributed by atoms with E-state index in [1.54, 1.807) is 11.3 Å². The highest BCUT2D eigenvalue weighted by Crippen LogP contribution is 2.29. The smallest absolute Gasteiger partial charge is 0.319 e. The molecule has 2 rings (SSSR count). The summed E-state index contributed by atoms with van der Waals surface area (Å²) in [6.07, 6.45) is 0.888. The highest BCUT2D eigenvalue weighted by molar-refractivity contribution is 14.1. The number of urea groups is 1. The third-order valence-corrected chi connectivity index (χ3v) is 5.09. The number of quaternary nitrogens is 1. The van der Waals surface area contributed by atoms with Crippen LogP contribution < -0.4 is 20.7 Å². The topological polar surface area (TPSA) is 67.0 Å². The minimum atomic E-state index is -0.165. The lowest BCUT2D eigenvalue weighted by molar-refractivity contribution is -0.670. The predicted octanol–water partition coefficient (Wildman–Crippen LogP) is 3.68. The molecule has 1 aromatic carbocycles. The van der Waals surface area contributed by atoms with Crippen LogP contribution in [0.5, 0.6) is 5.75 Å². The van der Waals surface area contributed by atoms with Crippen LogP contribution in [0.4, 0.5) is 10.5 Å². The molecule has 1 aromatic heterocycles. The van der Waals surface area contributed by atoms with E-state index in [4.69, 9.17) is 16.3 Å². The standard InChI is InChI=1S/C17H21ClIN3O2S/c1-2-24-16-12(8-13(18)9-15(16)19)10-20-5-3-6-21-17(23)22-14-4-7-25-11-14/h4,7-9,11,20H,2-3,5-6,10H2,1H3,(H2,21,22,23)/p+1. The van der Waals surface area contributed by atoms with E-state index >= 15 is 0 Å². The molecule has 4 N–H and O–H groups in total. The number of hydrogen-bond donors (Lipinski definition) is 3. The van der Waals surface area contributed by atoms with Gasteiger partial charge in [-0.1, -0.05) is 11.6 Å². The van der Waals surface area contributed by atoms with E-state index in [0.29, 0.717) is 13.2 Å². The number of carbonyl (C=O) groups excluding carboxylic acids is 1. The lowest BCUT2D eigenvalue weighted by Crippen LogP contribution is -2.82. The van der Waals surface area contributed by atoms with Crippen molar-refractivity contribution in [1.29, 1.82) is 0 Å². The number of rotatable bonds is 9. The number of carbonyl (C=O) groups is 1. The predicted molar refractivity (Wildman–Crippen MR) is 112 cm³/mol. The van der Waals surface area contributed by atoms with Gasteiger partial charge >= 0.3 is 6.03 Å². The SMILES string of the molecule is CCOc1c(I)cc(Cl)cc1C[NH2+]CCCNC(=O)Nc1ccsc1. The van der Waals surface area contributed by atoms with E-state index < -0.39 is 0 Å². The molecule has 5 nitrogen and oxygen atoms in total. The fourth-order valence-corrected chi connectivity index (χ4v) is 4.14. The minimum Gasteiger partial charge on any atom is -0.492 e. The molecule has 1 heterocycles. The third-order valence-electron chi connectivity index (χ3n) is 3.39. The third kappa shape index (κ3) is 7.01. The molecule has 0 unspecified atom stereocenters. The van der Waals surface area contributed by atoms with Crippen molar-refractivity contribution in [2.24, 2.45) is 0 Å². The largest absolute Gasteiger partial charge is 0.492 e. The Bertz CT molecular complexity index is 683. The molecule has 0 saturated carbocycles. The molecule has 0 aliphatic rings. The van der Waals surface area contributed by atoms with Crippen LogP contribution in [0.15, 0.2) is 29.0 Å². The zero-order valence-corrected chi connectivity index (χ0v) is 17.7. The van der Waals surface area contributed by atoms with Gasteiger partial charge in [0, 0.05) is 23.4 Å². The Labute approximate surface area is 170 Å². The number of benzene rings is 1. The van der Waals surface area contributed by atoms with Crippen molar-refractivity contribution >= 4 is 57.2 Å². The van der Waals surface area contributed by atoms with Gasteiger partial charge in [-0.2, -0.15) is 11.3 Å². The lowest BCUT2D eigenvalue weighted by atomic mass is 10.2. The van der Waals surface area contributed by atoms with Gasteiger partial charge in [-0.25, -0.2) is 4.79 Å². The number of nitrogens with two attached hydrogens (primary N) is 1. The van der Waals surface area contributed by atoms with Crippen molar-refractivity contribution in [3.05, 3.63) is 43.1 Å². The summed E-state index contributed by atoms with van der Waals surface area (Å²) < 4.78 is 6.76. The highest BCUT2D eigenvalue weighted by Gasteiger charge is 2.11. The molecule has 0 aliphatic heterocycles. The van der Waals surface area contributed by atoms with Crippen LogP contribution in [0.25, 0.3) is 0 Å². The molecule has 0 atom stereocenters. The van der Waals surface area contributed by atoms with Crippen molar-refractivity contribution < 1.29 is 14.8 Å². The maximum Gasteiger partial charge on any atom is 0.319 e. The number of halogens is 2. The Hall–Kier alpha value is -1.03. The Morgan fingerprint density at radius 2 is 2.28 bits per heavy atom. The van der Waals surface area contributed by atoms with Gasteiger partial charge < -0.3 is 20.7 Å². The number of anilines is 1. The van der Waals surface area contributed by atoms with Gasteiger partial charge in [-0.3, -0.25) is 0 Å². The van der Waals surface area contributed by atoms with Crippen LogP contribution in [0.1, 0.15) is 18.9 Å². The van der Waals surface area contributed by atoms with Crippen molar-refractivity contribution in [3.63, 3.8) is 0 Å². The number of ether oxygens (including phenoxy) is 1. The minimum absolute atomic E-state index is 0.165. The Balaban J connectivity index is 1.68. The first-order valence-corrected chi connectivity index (χ1v) is 10.5. The first kappa shape index (κ1) is 20.3. The zero-order valence-electron chi connectivity index (χ0n) is 14.0. The van der Waals surface area contributed by atoms with Gasteiger partial charge in [-0.15, -0.1) is 0 Å². The maximum absolute atomic E-state index is 11.7. The molecule has 2 aromatic rings. The summed E-state index contributed by atoms with van der Waals surface area (Å²) >= 11 is 9.95. The molecule has 0 radical (unpaired) electrons. The number of hydrogen-bond acceptors (Lipinski definition) is 3. The van der Waals surface area contributed by atoms with Gasteiger partial charge in [0.05, 0.1) is 28.0 Å². The first-order valence-electron chi connectivity index (χ1n) is 8.09. The number of thiophene rings is 1. The first-order chi connectivity index (χ1) is 12.1. The molecule has 0 fully saturated rings. The van der Waals surface area contributed by atoms with E-state index in [-0.39, 0.29) is 6.03 Å². The summed E-state index contributed by atoms with van der Waals surface area (Å²) in [7, 11) is 0. The fourth-order valence-electron chi connectivity index (χ4n) is 2.29. The molecule has 0 aliphatic carbocycles. The fraction of sp³-hybridized carbons (Fsp3) is 0.353. The van der Waals surface area contributed by atoms with Crippen LogP contribution in [0, 0.1) is 3.57 Å². The summed E-state index contributed by atoms with van der Waals surface area (Å²) in [5.74, 6) is 0.914. The summed E-state index contributed by atoms with van der Waals surface area (Å²) in [6.45, 7) is 4.96. The summed E-state index contributed by atoms with van der Waals surface area (Å²) in [5.41, 5.74) is 1.93. The van der Waals surface area contributed by atoms with Crippen LogP contribution in [-0.2, 0) is 6.54 Å². The van der Waals surface area contributed by atoms with Gasteiger partial charge in [0.15, 0.2) is 0 Å². The second-order valence-corrected chi connectivity index (χ2v) is 7.72. The normalized spacial score (nSPS) is 10.5. The highest BCUT2D eigenvalue weighted by atomic mass is 127. The molecule has 8 heteroatoms. The second kappa shape index (κ2) is 10.8. The molecular weight excluding hydrogens is 473 g/mol. The molecule has 136 valence electrons. The molecular formula is C17H22ClIN3O2S+. The van der Waals surface area contributed by atoms with Gasteiger partial charge in [0.2, 0.25) is 0 Å². The van der Waals surface area contributed by atoms with E-state index in [1.807, 2.05) is 35.9 Å². The maximum atomic E-state index is 11.7. The monoisotopic (exact) mass is 494 g/mol. The summed E-state index contributed by atoms with van der Waals surface area (Å²) in [4.78, 5) is 11.7. The molecule has 0 saturated heterocycles. The van der Waals surface area contributed by atoms with E-state index in [0.717, 1.165) is 45.1 Å². The summed E-state index contributed by atoms with van der Waals surface area (Å²) in [6, 6.07) is 5.58. The van der Waals surface area contributed by atoms with E-state index in [1.165, 1.54) is 0 Å². The van der Waals surface area contributed by atoms with E-state index in [2.05, 4.69) is 38.5 Å². The van der Waals surface area contributed by atoms with Gasteiger partial charge in [0.1, 0.15) is 12.3 Å². The quantitative estimate of drug-likeness (QED) is 0.368. The Morgan fingerprint density at radius 1 is 1.44 bits per heavy atom. The van der Waals surface area contributed by atoms with Crippen LogP contribution in [0.3, 0.4) is 0 Å². The van der Waals surface area contributed by atoms with Crippen molar-refractivity contribution in [2.75, 3.05) is 25.0 Å². The van der Waals surface area contributed by atoms with Crippen LogP contribution in [0.2, 0.25) is 5.02 Å². The number of nitrogens with one attached hydrogen (secondary N) is 2. The van der Waals surface area contributed by atoms with E-state index in [9.17, 15) is 4.79 Å². The van der Waals surface area contributed by atoms with Crippen molar-refractivity contribution in [2.45, 2.75) is 19.9 Å². The van der Waals surface area contributed by atoms with Crippen LogP contribution in [-0.4, -0.2) is 25.7 Å². The number of amides is 2. The van der Waals surface area contributed by atoms with Crippen molar-refractivity contribution in [1.82, 2.24) is 5.32 Å². The van der Waals surface area contributed by atoms with Gasteiger partial charge in [0.25, 0.3) is 0 Å². The average molecular weight is 495 g/mol. The summed E-state index contributed by atoms with van der Waals surface area (Å²) in [5, 5.41) is 12.4. The molecule has 2 amide bonds. The Kier molecular flexibility index (Phi) is 8.80. The van der Waals surface area contributed by atoms with Crippen molar-refractivity contribution in [3.8, 4) is 5.75 Å². The van der Waals surface area contributed by atoms with Gasteiger partial charge in [-0.05, 0) is 53.1 Å². The Morgan fingerprint density at radius 3 is 3.00 bits per heavy atom.